The third-order valence-electron chi connectivity index (χ3n) is 5.57. The van der Waals surface area contributed by atoms with E-state index in [1.807, 2.05) is 78.2 Å². The largest absolute Gasteiger partial charge is 0.334 e. The molecule has 1 aliphatic heterocycles. The van der Waals surface area contributed by atoms with Crippen LogP contribution in [0.4, 0.5) is 0 Å². The minimum atomic E-state index is 0.0315. The van der Waals surface area contributed by atoms with E-state index in [-0.39, 0.29) is 5.91 Å². The van der Waals surface area contributed by atoms with E-state index in [0.717, 1.165) is 34.4 Å². The number of fused-ring (bicyclic) bond motifs is 1. The Kier molecular flexibility index (Phi) is 4.43. The number of benzene rings is 2. The monoisotopic (exact) mass is 399 g/mol. The fourth-order valence-electron chi connectivity index (χ4n) is 3.94. The maximum Gasteiger partial charge on any atom is 0.279 e. The van der Waals surface area contributed by atoms with Gasteiger partial charge in [-0.15, -0.1) is 0 Å². The molecule has 0 saturated carbocycles. The first-order valence-electron chi connectivity index (χ1n) is 9.91. The van der Waals surface area contributed by atoms with E-state index in [4.69, 9.17) is 4.52 Å². The Morgan fingerprint density at radius 1 is 1.07 bits per heavy atom. The third kappa shape index (κ3) is 3.08. The van der Waals surface area contributed by atoms with E-state index < -0.39 is 0 Å². The van der Waals surface area contributed by atoms with Crippen molar-refractivity contribution in [1.29, 1.82) is 0 Å². The Morgan fingerprint density at radius 2 is 1.83 bits per heavy atom. The smallest absolute Gasteiger partial charge is 0.279 e. The second kappa shape index (κ2) is 7.26. The van der Waals surface area contributed by atoms with Gasteiger partial charge >= 0.3 is 0 Å². The number of nitrogens with zero attached hydrogens (tertiary/aromatic N) is 5. The summed E-state index contributed by atoms with van der Waals surface area (Å²) in [5.74, 6) is 0.925. The summed E-state index contributed by atoms with van der Waals surface area (Å²) >= 11 is 0. The molecule has 3 heterocycles. The third-order valence-corrected chi connectivity index (χ3v) is 5.57. The van der Waals surface area contributed by atoms with Crippen LogP contribution in [-0.4, -0.2) is 37.3 Å². The van der Waals surface area contributed by atoms with Crippen LogP contribution in [0.5, 0.6) is 0 Å². The lowest BCUT2D eigenvalue weighted by Crippen LogP contribution is -2.36. The van der Waals surface area contributed by atoms with Crippen molar-refractivity contribution in [3.8, 4) is 23.0 Å². The average molecular weight is 399 g/mol. The van der Waals surface area contributed by atoms with E-state index in [1.54, 1.807) is 0 Å². The minimum absolute atomic E-state index is 0.0315. The zero-order valence-electron chi connectivity index (χ0n) is 16.9. The van der Waals surface area contributed by atoms with E-state index in [0.29, 0.717) is 30.5 Å². The summed E-state index contributed by atoms with van der Waals surface area (Å²) in [7, 11) is 1.91. The molecule has 1 amide bonds. The summed E-state index contributed by atoms with van der Waals surface area (Å²) in [5, 5.41) is 8.75. The highest BCUT2D eigenvalue weighted by Gasteiger charge is 2.30. The van der Waals surface area contributed by atoms with Crippen molar-refractivity contribution in [2.24, 2.45) is 7.05 Å². The molecule has 0 fully saturated rings. The first kappa shape index (κ1) is 18.3. The minimum Gasteiger partial charge on any atom is -0.334 e. The van der Waals surface area contributed by atoms with Gasteiger partial charge in [-0.25, -0.2) is 0 Å². The van der Waals surface area contributed by atoms with Crippen molar-refractivity contribution in [3.05, 3.63) is 77.0 Å². The molecule has 7 nitrogen and oxygen atoms in total. The summed E-state index contributed by atoms with van der Waals surface area (Å²) in [4.78, 5) is 19.5. The zero-order chi connectivity index (χ0) is 20.7. The Labute approximate surface area is 174 Å². The SMILES string of the molecule is Cc1ccccc1C(=O)N1CCc2c(c(-c3nc(-c4ccccc4)no3)nn2C)C1. The van der Waals surface area contributed by atoms with Gasteiger partial charge < -0.3 is 9.42 Å². The van der Waals surface area contributed by atoms with Gasteiger partial charge in [0.25, 0.3) is 11.8 Å². The second-order valence-corrected chi connectivity index (χ2v) is 7.48. The van der Waals surface area contributed by atoms with Crippen molar-refractivity contribution in [2.45, 2.75) is 19.9 Å². The fraction of sp³-hybridized carbons (Fsp3) is 0.217. The van der Waals surface area contributed by atoms with Crippen LogP contribution in [0, 0.1) is 6.92 Å². The van der Waals surface area contributed by atoms with Crippen LogP contribution in [0.25, 0.3) is 23.0 Å². The van der Waals surface area contributed by atoms with Crippen LogP contribution in [0.15, 0.2) is 59.1 Å². The highest BCUT2D eigenvalue weighted by molar-refractivity contribution is 5.95. The maximum absolute atomic E-state index is 13.1. The van der Waals surface area contributed by atoms with Crippen molar-refractivity contribution in [1.82, 2.24) is 24.8 Å². The zero-order valence-corrected chi connectivity index (χ0v) is 16.9. The first-order valence-corrected chi connectivity index (χ1v) is 9.91. The van der Waals surface area contributed by atoms with Gasteiger partial charge in [0.15, 0.2) is 5.69 Å². The number of hydrogen-bond donors (Lipinski definition) is 0. The molecular weight excluding hydrogens is 378 g/mol. The standard InChI is InChI=1S/C23H21N5O2/c1-15-8-6-7-11-17(15)23(29)28-13-12-19-18(14-28)20(25-27(19)2)22-24-21(26-30-22)16-9-4-3-5-10-16/h3-11H,12-14H2,1-2H3. The average Bonchev–Trinajstić information content (AvgIpc) is 3.39. The number of rotatable bonds is 3. The quantitative estimate of drug-likeness (QED) is 0.526. The molecule has 2 aromatic heterocycles. The normalized spacial score (nSPS) is 13.3. The lowest BCUT2D eigenvalue weighted by molar-refractivity contribution is 0.0733. The molecule has 0 saturated heterocycles. The van der Waals surface area contributed by atoms with Gasteiger partial charge in [0.05, 0.1) is 6.54 Å². The number of amides is 1. The fourth-order valence-corrected chi connectivity index (χ4v) is 3.94. The molecule has 7 heteroatoms. The Balaban J connectivity index is 1.48. The molecule has 4 aromatic rings. The van der Waals surface area contributed by atoms with Crippen molar-refractivity contribution in [3.63, 3.8) is 0 Å². The molecule has 2 aromatic carbocycles. The van der Waals surface area contributed by atoms with Gasteiger partial charge in [-0.2, -0.15) is 10.1 Å². The van der Waals surface area contributed by atoms with Crippen LogP contribution >= 0.6 is 0 Å². The summed E-state index contributed by atoms with van der Waals surface area (Å²) in [6.45, 7) is 3.08. The molecule has 0 N–H and O–H groups in total. The lowest BCUT2D eigenvalue weighted by Gasteiger charge is -2.28. The van der Waals surface area contributed by atoms with Gasteiger partial charge in [0, 0.05) is 42.4 Å². The highest BCUT2D eigenvalue weighted by atomic mass is 16.5. The predicted octanol–water partition coefficient (Wildman–Crippen LogP) is 3.64. The molecule has 150 valence electrons. The summed E-state index contributed by atoms with van der Waals surface area (Å²) in [6, 6.07) is 17.4. The molecule has 0 aliphatic carbocycles. The number of hydrogen-bond acceptors (Lipinski definition) is 5. The van der Waals surface area contributed by atoms with Crippen LogP contribution in [0.2, 0.25) is 0 Å². The summed E-state index contributed by atoms with van der Waals surface area (Å²) in [6.07, 6.45) is 0.732. The van der Waals surface area contributed by atoms with E-state index in [9.17, 15) is 4.79 Å². The molecule has 0 unspecified atom stereocenters. The van der Waals surface area contributed by atoms with Crippen molar-refractivity contribution < 1.29 is 9.32 Å². The summed E-state index contributed by atoms with van der Waals surface area (Å²) in [5.41, 5.74) is 5.30. The van der Waals surface area contributed by atoms with Gasteiger partial charge in [-0.05, 0) is 18.6 Å². The molecule has 0 atom stereocenters. The van der Waals surface area contributed by atoms with Gasteiger partial charge in [0.1, 0.15) is 0 Å². The summed E-state index contributed by atoms with van der Waals surface area (Å²) < 4.78 is 7.40. The maximum atomic E-state index is 13.1. The number of aromatic nitrogens is 4. The van der Waals surface area contributed by atoms with Gasteiger partial charge in [0.2, 0.25) is 5.82 Å². The molecule has 0 radical (unpaired) electrons. The second-order valence-electron chi connectivity index (χ2n) is 7.48. The van der Waals surface area contributed by atoms with Crippen LogP contribution in [-0.2, 0) is 20.0 Å². The molecule has 30 heavy (non-hydrogen) atoms. The van der Waals surface area contributed by atoms with Crippen LogP contribution < -0.4 is 0 Å². The van der Waals surface area contributed by atoms with Gasteiger partial charge in [-0.3, -0.25) is 9.48 Å². The molecule has 0 bridgehead atoms. The number of carbonyl (C=O) groups is 1. The highest BCUT2D eigenvalue weighted by Crippen LogP contribution is 2.30. The predicted molar refractivity (Wildman–Crippen MR) is 112 cm³/mol. The van der Waals surface area contributed by atoms with Crippen molar-refractivity contribution in [2.75, 3.05) is 6.54 Å². The Bertz CT molecular complexity index is 1230. The first-order chi connectivity index (χ1) is 14.6. The number of aryl methyl sites for hydroxylation is 2. The molecule has 0 spiro atoms. The van der Waals surface area contributed by atoms with E-state index in [2.05, 4.69) is 15.2 Å². The van der Waals surface area contributed by atoms with Crippen LogP contribution in [0.3, 0.4) is 0 Å². The van der Waals surface area contributed by atoms with E-state index in [1.165, 1.54) is 0 Å². The molecule has 1 aliphatic rings. The number of carbonyl (C=O) groups excluding carboxylic acids is 1. The topological polar surface area (TPSA) is 77.1 Å². The molecule has 5 rings (SSSR count). The molecular formula is C23H21N5O2. The van der Waals surface area contributed by atoms with Crippen LogP contribution in [0.1, 0.15) is 27.2 Å². The lowest BCUT2D eigenvalue weighted by atomic mass is 10.0. The van der Waals surface area contributed by atoms with Crippen molar-refractivity contribution >= 4 is 5.91 Å². The van der Waals surface area contributed by atoms with Gasteiger partial charge in [-0.1, -0.05) is 53.7 Å². The Morgan fingerprint density at radius 3 is 2.63 bits per heavy atom. The van der Waals surface area contributed by atoms with E-state index >= 15 is 0 Å². The Hall–Kier alpha value is -3.74.